The third-order valence-electron chi connectivity index (χ3n) is 3.40. The lowest BCUT2D eigenvalue weighted by Crippen LogP contribution is -2.14. The number of nitrogens with zero attached hydrogens (tertiary/aromatic N) is 1. The van der Waals surface area contributed by atoms with E-state index in [0.717, 1.165) is 0 Å². The average Bonchev–Trinajstić information content (AvgIpc) is 2.58. The minimum Gasteiger partial charge on any atom is -0.490 e. The lowest BCUT2D eigenvalue weighted by atomic mass is 10.2. The van der Waals surface area contributed by atoms with Gasteiger partial charge >= 0.3 is 5.69 Å². The quantitative estimate of drug-likeness (QED) is 0.595. The molecule has 0 saturated heterocycles. The molecule has 132 valence electrons. The van der Waals surface area contributed by atoms with Crippen LogP contribution in [0.1, 0.15) is 11.1 Å². The van der Waals surface area contributed by atoms with Crippen molar-refractivity contribution in [1.82, 2.24) is 0 Å². The van der Waals surface area contributed by atoms with E-state index in [1.165, 1.54) is 37.1 Å². The topological polar surface area (TPSA) is 81.5 Å². The molecule has 2 aromatic rings. The van der Waals surface area contributed by atoms with Crippen LogP contribution in [-0.2, 0) is 10.5 Å². The summed E-state index contributed by atoms with van der Waals surface area (Å²) < 4.78 is 18.4. The number of ether oxygens (including phenoxy) is 1. The fourth-order valence-corrected chi connectivity index (χ4v) is 2.87. The van der Waals surface area contributed by atoms with Crippen molar-refractivity contribution in [1.29, 1.82) is 0 Å². The third kappa shape index (κ3) is 5.18. The highest BCUT2D eigenvalue weighted by atomic mass is 32.2. The van der Waals surface area contributed by atoms with E-state index >= 15 is 0 Å². The van der Waals surface area contributed by atoms with Crippen LogP contribution in [0.2, 0.25) is 0 Å². The molecule has 0 aliphatic rings. The van der Waals surface area contributed by atoms with Crippen molar-refractivity contribution in [2.75, 3.05) is 18.2 Å². The maximum absolute atomic E-state index is 13.4. The van der Waals surface area contributed by atoms with E-state index in [2.05, 4.69) is 5.32 Å². The molecule has 0 aliphatic carbocycles. The van der Waals surface area contributed by atoms with Crippen molar-refractivity contribution >= 4 is 29.0 Å². The maximum Gasteiger partial charge on any atom is 0.311 e. The molecule has 0 bridgehead atoms. The normalized spacial score (nSPS) is 10.4. The first kappa shape index (κ1) is 18.7. The van der Waals surface area contributed by atoms with Gasteiger partial charge in [-0.3, -0.25) is 14.9 Å². The molecule has 0 spiro atoms. The Morgan fingerprint density at radius 3 is 2.72 bits per heavy atom. The number of nitro benzene ring substituents is 1. The molecule has 0 radical (unpaired) electrons. The Labute approximate surface area is 148 Å². The molecule has 25 heavy (non-hydrogen) atoms. The van der Waals surface area contributed by atoms with Gasteiger partial charge in [0.15, 0.2) is 5.75 Å². The number of thioether (sulfide) groups is 1. The first-order valence-corrected chi connectivity index (χ1v) is 8.51. The molecule has 0 atom stereocenters. The van der Waals surface area contributed by atoms with Crippen LogP contribution in [0.4, 0.5) is 15.8 Å². The van der Waals surface area contributed by atoms with Crippen LogP contribution in [0.25, 0.3) is 0 Å². The van der Waals surface area contributed by atoms with Gasteiger partial charge < -0.3 is 10.1 Å². The molecule has 0 heterocycles. The Hall–Kier alpha value is -2.61. The van der Waals surface area contributed by atoms with Crippen molar-refractivity contribution in [2.45, 2.75) is 12.7 Å². The van der Waals surface area contributed by atoms with Crippen molar-refractivity contribution in [3.8, 4) is 5.75 Å². The molecule has 0 unspecified atom stereocenters. The Kier molecular flexibility index (Phi) is 6.35. The van der Waals surface area contributed by atoms with E-state index in [4.69, 9.17) is 4.74 Å². The maximum atomic E-state index is 13.4. The first-order chi connectivity index (χ1) is 11.9. The predicted molar refractivity (Wildman–Crippen MR) is 95.6 cm³/mol. The fraction of sp³-hybridized carbons (Fsp3) is 0.235. The largest absolute Gasteiger partial charge is 0.490 e. The number of carbonyl (C=O) groups is 1. The number of anilines is 1. The van der Waals surface area contributed by atoms with Gasteiger partial charge in [-0.05, 0) is 36.2 Å². The van der Waals surface area contributed by atoms with Gasteiger partial charge in [0.05, 0.1) is 17.8 Å². The number of amides is 1. The summed E-state index contributed by atoms with van der Waals surface area (Å²) in [6.45, 7) is 1.64. The molecule has 1 amide bonds. The number of methoxy groups -OCH3 is 1. The molecular weight excluding hydrogens is 347 g/mol. The summed E-state index contributed by atoms with van der Waals surface area (Å²) in [5, 5.41) is 13.6. The number of nitrogens with one attached hydrogen (secondary N) is 1. The summed E-state index contributed by atoms with van der Waals surface area (Å²) in [7, 11) is 1.37. The summed E-state index contributed by atoms with van der Waals surface area (Å²) in [6.07, 6.45) is 0. The second kappa shape index (κ2) is 8.48. The molecule has 0 saturated carbocycles. The fourth-order valence-electron chi connectivity index (χ4n) is 2.10. The van der Waals surface area contributed by atoms with Crippen LogP contribution in [-0.4, -0.2) is 23.7 Å². The zero-order valence-electron chi connectivity index (χ0n) is 13.7. The van der Waals surface area contributed by atoms with Crippen LogP contribution in [0.5, 0.6) is 5.75 Å². The van der Waals surface area contributed by atoms with Crippen LogP contribution in [0, 0.1) is 22.9 Å². The van der Waals surface area contributed by atoms with Gasteiger partial charge in [-0.2, -0.15) is 0 Å². The zero-order chi connectivity index (χ0) is 18.4. The van der Waals surface area contributed by atoms with Gasteiger partial charge in [0.1, 0.15) is 5.82 Å². The highest BCUT2D eigenvalue weighted by Crippen LogP contribution is 2.29. The molecule has 0 aliphatic heterocycles. The Balaban J connectivity index is 1.89. The Morgan fingerprint density at radius 1 is 1.32 bits per heavy atom. The molecule has 8 heteroatoms. The summed E-state index contributed by atoms with van der Waals surface area (Å²) in [5.74, 6) is 0.126. The minimum absolute atomic E-state index is 0.111. The number of hydrogen-bond donors (Lipinski definition) is 1. The van der Waals surface area contributed by atoms with Crippen molar-refractivity contribution in [3.05, 3.63) is 63.5 Å². The second-order valence-corrected chi connectivity index (χ2v) is 6.25. The molecule has 2 rings (SSSR count). The number of nitro groups is 1. The second-order valence-electron chi connectivity index (χ2n) is 5.27. The van der Waals surface area contributed by atoms with Gasteiger partial charge in [0.25, 0.3) is 0 Å². The molecular formula is C17H17FN2O4S. The van der Waals surface area contributed by atoms with Gasteiger partial charge in [-0.1, -0.05) is 12.1 Å². The van der Waals surface area contributed by atoms with Gasteiger partial charge in [-0.15, -0.1) is 11.8 Å². The van der Waals surface area contributed by atoms with E-state index in [1.807, 2.05) is 0 Å². The van der Waals surface area contributed by atoms with E-state index in [1.54, 1.807) is 25.1 Å². The standard InChI is InChI=1S/C17H17FN2O4S/c1-11-3-5-13(8-14(11)18)19-17(21)10-25-9-12-4-6-16(24-2)15(7-12)20(22)23/h3-8H,9-10H2,1-2H3,(H,19,21). The van der Waals surface area contributed by atoms with Gasteiger partial charge in [0.2, 0.25) is 5.91 Å². The zero-order valence-corrected chi connectivity index (χ0v) is 14.6. The summed E-state index contributed by atoms with van der Waals surface area (Å²) in [4.78, 5) is 22.4. The number of halogens is 1. The number of rotatable bonds is 7. The molecule has 0 fully saturated rings. The number of benzene rings is 2. The molecule has 2 aromatic carbocycles. The lowest BCUT2D eigenvalue weighted by molar-refractivity contribution is -0.385. The summed E-state index contributed by atoms with van der Waals surface area (Å²) in [6, 6.07) is 9.17. The minimum atomic E-state index is -0.508. The predicted octanol–water partition coefficient (Wildman–Crippen LogP) is 3.92. The number of carbonyl (C=O) groups excluding carboxylic acids is 1. The monoisotopic (exact) mass is 364 g/mol. The summed E-state index contributed by atoms with van der Waals surface area (Å²) in [5.41, 5.74) is 1.51. The number of hydrogen-bond acceptors (Lipinski definition) is 5. The smallest absolute Gasteiger partial charge is 0.311 e. The Bertz CT molecular complexity index is 798. The van der Waals surface area contributed by atoms with Crippen molar-refractivity contribution in [3.63, 3.8) is 0 Å². The van der Waals surface area contributed by atoms with Gasteiger partial charge in [0, 0.05) is 17.5 Å². The summed E-state index contributed by atoms with van der Waals surface area (Å²) >= 11 is 1.31. The molecule has 0 aromatic heterocycles. The third-order valence-corrected chi connectivity index (χ3v) is 4.40. The van der Waals surface area contributed by atoms with Crippen LogP contribution in [0.15, 0.2) is 36.4 Å². The van der Waals surface area contributed by atoms with Crippen molar-refractivity contribution < 1.29 is 18.8 Å². The van der Waals surface area contributed by atoms with Gasteiger partial charge in [-0.25, -0.2) is 4.39 Å². The number of aryl methyl sites for hydroxylation is 1. The van der Waals surface area contributed by atoms with Crippen LogP contribution >= 0.6 is 11.8 Å². The first-order valence-electron chi connectivity index (χ1n) is 7.35. The molecule has 6 nitrogen and oxygen atoms in total. The highest BCUT2D eigenvalue weighted by molar-refractivity contribution is 7.99. The highest BCUT2D eigenvalue weighted by Gasteiger charge is 2.15. The molecule has 1 N–H and O–H groups in total. The van der Waals surface area contributed by atoms with Crippen molar-refractivity contribution in [2.24, 2.45) is 0 Å². The SMILES string of the molecule is COc1ccc(CSCC(=O)Nc2ccc(C)c(F)c2)cc1[N+](=O)[O-]. The average molecular weight is 364 g/mol. The van der Waals surface area contributed by atoms with E-state index in [0.29, 0.717) is 22.6 Å². The van der Waals surface area contributed by atoms with Crippen LogP contribution < -0.4 is 10.1 Å². The van der Waals surface area contributed by atoms with Crippen LogP contribution in [0.3, 0.4) is 0 Å². The Morgan fingerprint density at radius 2 is 2.08 bits per heavy atom. The van der Waals surface area contributed by atoms with E-state index < -0.39 is 4.92 Å². The van der Waals surface area contributed by atoms with E-state index in [9.17, 15) is 19.3 Å². The lowest BCUT2D eigenvalue weighted by Gasteiger charge is -2.07. The van der Waals surface area contributed by atoms with E-state index in [-0.39, 0.29) is 28.9 Å².